The first-order valence-electron chi connectivity index (χ1n) is 7.91. The van der Waals surface area contributed by atoms with Crippen molar-refractivity contribution in [1.82, 2.24) is 19.7 Å². The van der Waals surface area contributed by atoms with Crippen molar-refractivity contribution in [3.63, 3.8) is 0 Å². The molecular weight excluding hydrogens is 356 g/mol. The molecule has 25 heavy (non-hydrogen) atoms. The summed E-state index contributed by atoms with van der Waals surface area (Å²) in [6.45, 7) is 0. The second kappa shape index (κ2) is 6.61. The lowest BCUT2D eigenvalue weighted by atomic mass is 10.2. The highest BCUT2D eigenvalue weighted by Gasteiger charge is 2.30. The quantitative estimate of drug-likeness (QED) is 0.701. The zero-order chi connectivity index (χ0) is 17.3. The predicted molar refractivity (Wildman–Crippen MR) is 97.5 cm³/mol. The molecule has 4 rings (SSSR count). The summed E-state index contributed by atoms with van der Waals surface area (Å²) >= 11 is 1.49. The van der Waals surface area contributed by atoms with Crippen molar-refractivity contribution in [3.05, 3.63) is 54.9 Å². The van der Waals surface area contributed by atoms with Gasteiger partial charge in [-0.3, -0.25) is 9.55 Å². The minimum atomic E-state index is -2.92. The van der Waals surface area contributed by atoms with Crippen molar-refractivity contribution in [1.29, 1.82) is 0 Å². The fourth-order valence-corrected chi connectivity index (χ4v) is 6.35. The molecule has 3 aromatic rings. The van der Waals surface area contributed by atoms with Gasteiger partial charge in [0.25, 0.3) is 0 Å². The Morgan fingerprint density at radius 1 is 1.04 bits per heavy atom. The zero-order valence-corrected chi connectivity index (χ0v) is 14.9. The normalized spacial score (nSPS) is 19.1. The fraction of sp³-hybridized carbons (Fsp3) is 0.235. The topological polar surface area (TPSA) is 77.7 Å². The van der Waals surface area contributed by atoms with E-state index in [1.54, 1.807) is 12.4 Å². The number of nitrogens with zero attached hydrogens (tertiary/aromatic N) is 4. The van der Waals surface area contributed by atoms with Crippen molar-refractivity contribution in [2.24, 2.45) is 0 Å². The summed E-state index contributed by atoms with van der Waals surface area (Å²) in [5.74, 6) is 1.17. The third kappa shape index (κ3) is 3.45. The second-order valence-electron chi connectivity index (χ2n) is 5.86. The fourth-order valence-electron chi connectivity index (χ4n) is 2.85. The number of sulfone groups is 1. The molecule has 2 aromatic heterocycles. The lowest BCUT2D eigenvalue weighted by Crippen LogP contribution is -2.08. The molecule has 0 N–H and O–H groups in total. The van der Waals surface area contributed by atoms with Crippen molar-refractivity contribution in [2.45, 2.75) is 16.8 Å². The number of pyridine rings is 1. The molecule has 0 aliphatic carbocycles. The van der Waals surface area contributed by atoms with Crippen molar-refractivity contribution >= 4 is 21.6 Å². The lowest BCUT2D eigenvalue weighted by molar-refractivity contribution is 0.602. The Labute approximate surface area is 150 Å². The van der Waals surface area contributed by atoms with E-state index in [0.29, 0.717) is 11.6 Å². The molecular formula is C17H16N4O2S2. The summed E-state index contributed by atoms with van der Waals surface area (Å²) < 4.78 is 25.5. The van der Waals surface area contributed by atoms with Crippen LogP contribution in [0.5, 0.6) is 0 Å². The third-order valence-corrected chi connectivity index (χ3v) is 7.24. The average molecular weight is 372 g/mol. The van der Waals surface area contributed by atoms with Crippen LogP contribution in [0.1, 0.15) is 6.42 Å². The van der Waals surface area contributed by atoms with Gasteiger partial charge in [-0.2, -0.15) is 0 Å². The van der Waals surface area contributed by atoms with E-state index in [4.69, 9.17) is 0 Å². The molecule has 6 nitrogen and oxygen atoms in total. The van der Waals surface area contributed by atoms with Crippen LogP contribution in [-0.4, -0.2) is 44.9 Å². The summed E-state index contributed by atoms with van der Waals surface area (Å²) in [6, 6.07) is 13.6. The first-order valence-corrected chi connectivity index (χ1v) is 10.6. The Balaban J connectivity index is 1.76. The van der Waals surface area contributed by atoms with E-state index >= 15 is 0 Å². The van der Waals surface area contributed by atoms with E-state index in [1.165, 1.54) is 11.8 Å². The molecule has 0 bridgehead atoms. The number of aromatic nitrogens is 4. The molecule has 1 aliphatic rings. The van der Waals surface area contributed by atoms with E-state index in [0.717, 1.165) is 17.1 Å². The number of para-hydroxylation sites is 1. The molecule has 1 aromatic carbocycles. The van der Waals surface area contributed by atoms with Gasteiger partial charge in [-0.15, -0.1) is 10.2 Å². The molecule has 0 spiro atoms. The van der Waals surface area contributed by atoms with Gasteiger partial charge in [0.05, 0.1) is 11.5 Å². The lowest BCUT2D eigenvalue weighted by Gasteiger charge is -2.12. The number of hydrogen-bond acceptors (Lipinski definition) is 6. The molecule has 1 saturated heterocycles. The van der Waals surface area contributed by atoms with Crippen LogP contribution in [0.2, 0.25) is 0 Å². The van der Waals surface area contributed by atoms with Crippen LogP contribution >= 0.6 is 11.8 Å². The maximum absolute atomic E-state index is 11.7. The Kier molecular flexibility index (Phi) is 4.30. The van der Waals surface area contributed by atoms with Crippen molar-refractivity contribution < 1.29 is 8.42 Å². The molecule has 1 aliphatic heterocycles. The Morgan fingerprint density at radius 2 is 1.80 bits per heavy atom. The van der Waals surface area contributed by atoms with E-state index in [1.807, 2.05) is 47.0 Å². The minimum absolute atomic E-state index is 0.0157. The van der Waals surface area contributed by atoms with E-state index in [2.05, 4.69) is 15.2 Å². The average Bonchev–Trinajstić information content (AvgIpc) is 3.19. The van der Waals surface area contributed by atoms with Gasteiger partial charge in [-0.05, 0) is 30.7 Å². The van der Waals surface area contributed by atoms with Gasteiger partial charge in [0.15, 0.2) is 20.8 Å². The third-order valence-electron chi connectivity index (χ3n) is 4.05. The minimum Gasteiger partial charge on any atom is -0.270 e. The van der Waals surface area contributed by atoms with Crippen LogP contribution in [0.3, 0.4) is 0 Å². The first kappa shape index (κ1) is 16.3. The molecule has 128 valence electrons. The van der Waals surface area contributed by atoms with E-state index < -0.39 is 9.84 Å². The summed E-state index contributed by atoms with van der Waals surface area (Å²) in [4.78, 5) is 4.05. The number of hydrogen-bond donors (Lipinski definition) is 0. The van der Waals surface area contributed by atoms with Crippen molar-refractivity contribution in [2.75, 3.05) is 11.5 Å². The molecule has 0 saturated carbocycles. The Hall–Kier alpha value is -2.19. The maximum Gasteiger partial charge on any atom is 0.196 e. The summed E-state index contributed by atoms with van der Waals surface area (Å²) in [7, 11) is -2.92. The number of rotatable bonds is 4. The van der Waals surface area contributed by atoms with Crippen LogP contribution in [0.15, 0.2) is 60.0 Å². The Morgan fingerprint density at radius 3 is 2.48 bits per heavy atom. The first-order chi connectivity index (χ1) is 12.1. The molecule has 0 radical (unpaired) electrons. The number of benzene rings is 1. The van der Waals surface area contributed by atoms with Crippen LogP contribution in [0.4, 0.5) is 0 Å². The maximum atomic E-state index is 11.7. The van der Waals surface area contributed by atoms with Gasteiger partial charge >= 0.3 is 0 Å². The van der Waals surface area contributed by atoms with Gasteiger partial charge in [-0.1, -0.05) is 30.0 Å². The molecule has 1 fully saturated rings. The highest BCUT2D eigenvalue weighted by atomic mass is 32.2. The van der Waals surface area contributed by atoms with E-state index in [9.17, 15) is 8.42 Å². The van der Waals surface area contributed by atoms with Gasteiger partial charge in [-0.25, -0.2) is 8.42 Å². The molecule has 0 amide bonds. The largest absolute Gasteiger partial charge is 0.270 e. The van der Waals surface area contributed by atoms with Crippen molar-refractivity contribution in [3.8, 4) is 17.1 Å². The van der Waals surface area contributed by atoms with Gasteiger partial charge < -0.3 is 0 Å². The zero-order valence-electron chi connectivity index (χ0n) is 13.3. The smallest absolute Gasteiger partial charge is 0.196 e. The molecule has 3 heterocycles. The van der Waals surface area contributed by atoms with Crippen LogP contribution in [0, 0.1) is 0 Å². The monoisotopic (exact) mass is 372 g/mol. The Bertz CT molecular complexity index is 972. The van der Waals surface area contributed by atoms with E-state index in [-0.39, 0.29) is 16.8 Å². The van der Waals surface area contributed by atoms with Gasteiger partial charge in [0.2, 0.25) is 0 Å². The standard InChI is InChI=1S/C17H16N4O2S2/c22-25(23)11-8-15(12-25)24-17-20-19-16(13-6-9-18-10-7-13)21(17)14-4-2-1-3-5-14/h1-7,9-10,15H,8,11-12H2/t15-/m1/s1. The highest BCUT2D eigenvalue weighted by Crippen LogP contribution is 2.33. The summed E-state index contributed by atoms with van der Waals surface area (Å²) in [5.41, 5.74) is 1.86. The predicted octanol–water partition coefficient (Wildman–Crippen LogP) is 2.61. The number of thioether (sulfide) groups is 1. The summed E-state index contributed by atoms with van der Waals surface area (Å²) in [5, 5.41) is 9.42. The van der Waals surface area contributed by atoms with Crippen LogP contribution < -0.4 is 0 Å². The SMILES string of the molecule is O=S1(=O)CC[C@@H](Sc2nnc(-c3ccncc3)n2-c2ccccc2)C1. The molecule has 1 atom stereocenters. The van der Waals surface area contributed by atoms with Gasteiger partial charge in [0, 0.05) is 28.9 Å². The highest BCUT2D eigenvalue weighted by molar-refractivity contribution is 8.01. The van der Waals surface area contributed by atoms with Crippen LogP contribution in [-0.2, 0) is 9.84 Å². The van der Waals surface area contributed by atoms with Crippen LogP contribution in [0.25, 0.3) is 17.1 Å². The summed E-state index contributed by atoms with van der Waals surface area (Å²) in [6.07, 6.45) is 4.09. The molecule has 8 heteroatoms. The van der Waals surface area contributed by atoms with Gasteiger partial charge in [0.1, 0.15) is 0 Å². The molecule has 0 unspecified atom stereocenters. The second-order valence-corrected chi connectivity index (χ2v) is 9.35.